The van der Waals surface area contributed by atoms with Crippen LogP contribution in [0.2, 0.25) is 0 Å². The zero-order valence-corrected chi connectivity index (χ0v) is 13.3. The van der Waals surface area contributed by atoms with Crippen LogP contribution in [-0.2, 0) is 24.3 Å². The second-order valence-electron chi connectivity index (χ2n) is 5.13. The number of likely N-dealkylation sites (tertiary alicyclic amines) is 1. The van der Waals surface area contributed by atoms with Crippen molar-refractivity contribution in [2.24, 2.45) is 5.92 Å². The summed E-state index contributed by atoms with van der Waals surface area (Å²) in [5, 5.41) is 4.63. The average molecular weight is 328 g/mol. The van der Waals surface area contributed by atoms with Crippen LogP contribution in [0.15, 0.2) is 4.47 Å². The van der Waals surface area contributed by atoms with E-state index < -0.39 is 0 Å². The molecule has 2 rings (SSSR count). The minimum absolute atomic E-state index is 0.266. The number of piperidine rings is 1. The summed E-state index contributed by atoms with van der Waals surface area (Å²) >= 11 is 3.69. The van der Waals surface area contributed by atoms with Gasteiger partial charge in [-0.3, -0.25) is 9.58 Å². The molecule has 0 saturated carbocycles. The molecule has 0 aliphatic carbocycles. The summed E-state index contributed by atoms with van der Waals surface area (Å²) < 4.78 is 3.25. The maximum Gasteiger partial charge on any atom is 0.123 e. The molecule has 2 heterocycles. The number of aldehydes is 1. The molecular weight excluding hydrogens is 306 g/mol. The molecule has 1 aromatic rings. The van der Waals surface area contributed by atoms with Gasteiger partial charge in [0.1, 0.15) is 6.29 Å². The van der Waals surface area contributed by atoms with Gasteiger partial charge in [-0.2, -0.15) is 5.10 Å². The van der Waals surface area contributed by atoms with Crippen molar-refractivity contribution in [1.29, 1.82) is 0 Å². The van der Waals surface area contributed by atoms with E-state index >= 15 is 0 Å². The molecule has 0 radical (unpaired) electrons. The maximum absolute atomic E-state index is 10.8. The number of rotatable bonds is 5. The number of aromatic nitrogens is 2. The van der Waals surface area contributed by atoms with Crippen molar-refractivity contribution >= 4 is 22.2 Å². The van der Waals surface area contributed by atoms with E-state index in [1.807, 2.05) is 0 Å². The van der Waals surface area contributed by atoms with Crippen molar-refractivity contribution < 1.29 is 4.79 Å². The average Bonchev–Trinajstić information content (AvgIpc) is 2.76. The van der Waals surface area contributed by atoms with E-state index in [2.05, 4.69) is 44.5 Å². The fourth-order valence-electron chi connectivity index (χ4n) is 2.63. The van der Waals surface area contributed by atoms with Gasteiger partial charge in [-0.05, 0) is 55.2 Å². The number of halogens is 1. The molecular formula is C14H22BrN3O. The Bertz CT molecular complexity index is 436. The second kappa shape index (κ2) is 6.66. The standard InChI is InChI=1S/C14H22BrN3O/c1-3-12-14(15)13(18(4-2)16-12)9-17-7-5-11(10-19)6-8-17/h10-11H,3-9H2,1-2H3. The van der Waals surface area contributed by atoms with Crippen LogP contribution < -0.4 is 0 Å². The lowest BCUT2D eigenvalue weighted by atomic mass is 9.98. The molecule has 4 nitrogen and oxygen atoms in total. The fourth-order valence-corrected chi connectivity index (χ4v) is 3.32. The third-order valence-corrected chi connectivity index (χ3v) is 4.81. The Balaban J connectivity index is 2.06. The summed E-state index contributed by atoms with van der Waals surface area (Å²) in [4.78, 5) is 13.2. The Kier molecular flexibility index (Phi) is 5.16. The zero-order valence-electron chi connectivity index (χ0n) is 11.7. The summed E-state index contributed by atoms with van der Waals surface area (Å²) in [5.74, 6) is 0.266. The molecule has 19 heavy (non-hydrogen) atoms. The molecule has 0 atom stereocenters. The van der Waals surface area contributed by atoms with E-state index in [-0.39, 0.29) is 5.92 Å². The molecule has 1 aliphatic heterocycles. The molecule has 106 valence electrons. The third-order valence-electron chi connectivity index (χ3n) is 3.89. The highest BCUT2D eigenvalue weighted by Crippen LogP contribution is 2.25. The molecule has 1 aliphatic rings. The molecule has 1 saturated heterocycles. The maximum atomic E-state index is 10.8. The van der Waals surface area contributed by atoms with Gasteiger partial charge < -0.3 is 4.79 Å². The van der Waals surface area contributed by atoms with Gasteiger partial charge in [-0.25, -0.2) is 0 Å². The van der Waals surface area contributed by atoms with E-state index in [4.69, 9.17) is 0 Å². The molecule has 5 heteroatoms. The fraction of sp³-hybridized carbons (Fsp3) is 0.714. The van der Waals surface area contributed by atoms with Gasteiger partial charge in [0.25, 0.3) is 0 Å². The summed E-state index contributed by atoms with van der Waals surface area (Å²) in [5.41, 5.74) is 2.41. The predicted octanol–water partition coefficient (Wildman–Crippen LogP) is 2.64. The normalized spacial score (nSPS) is 17.8. The molecule has 0 unspecified atom stereocenters. The van der Waals surface area contributed by atoms with Crippen LogP contribution >= 0.6 is 15.9 Å². The van der Waals surface area contributed by atoms with Gasteiger partial charge in [-0.15, -0.1) is 0 Å². The lowest BCUT2D eigenvalue weighted by Gasteiger charge is -2.29. The van der Waals surface area contributed by atoms with Crippen LogP contribution in [0.4, 0.5) is 0 Å². The number of aryl methyl sites for hydroxylation is 2. The molecule has 0 amide bonds. The van der Waals surface area contributed by atoms with Crippen molar-refractivity contribution in [1.82, 2.24) is 14.7 Å². The molecule has 0 spiro atoms. The van der Waals surface area contributed by atoms with Crippen LogP contribution in [0.25, 0.3) is 0 Å². The largest absolute Gasteiger partial charge is 0.303 e. The van der Waals surface area contributed by atoms with Crippen molar-refractivity contribution in [3.8, 4) is 0 Å². The minimum atomic E-state index is 0.266. The zero-order chi connectivity index (χ0) is 13.8. The SMILES string of the molecule is CCc1nn(CC)c(CN2CCC(C=O)CC2)c1Br. The van der Waals surface area contributed by atoms with Crippen molar-refractivity contribution in [2.45, 2.75) is 46.2 Å². The van der Waals surface area contributed by atoms with Gasteiger partial charge >= 0.3 is 0 Å². The van der Waals surface area contributed by atoms with E-state index in [1.165, 1.54) is 5.69 Å². The number of nitrogens with zero attached hydrogens (tertiary/aromatic N) is 3. The van der Waals surface area contributed by atoms with Crippen LogP contribution in [0.3, 0.4) is 0 Å². The van der Waals surface area contributed by atoms with E-state index in [1.54, 1.807) is 0 Å². The Morgan fingerprint density at radius 3 is 2.58 bits per heavy atom. The van der Waals surface area contributed by atoms with Gasteiger partial charge in [0, 0.05) is 19.0 Å². The Morgan fingerprint density at radius 1 is 1.37 bits per heavy atom. The Morgan fingerprint density at radius 2 is 2.05 bits per heavy atom. The summed E-state index contributed by atoms with van der Waals surface area (Å²) in [6.07, 6.45) is 4.04. The molecule has 0 aromatic carbocycles. The van der Waals surface area contributed by atoms with Crippen LogP contribution in [0.1, 0.15) is 38.1 Å². The highest BCUT2D eigenvalue weighted by atomic mass is 79.9. The smallest absolute Gasteiger partial charge is 0.123 e. The first-order valence-electron chi connectivity index (χ1n) is 7.11. The second-order valence-corrected chi connectivity index (χ2v) is 5.92. The van der Waals surface area contributed by atoms with E-state index in [0.29, 0.717) is 0 Å². The first-order chi connectivity index (χ1) is 9.19. The number of hydrogen-bond donors (Lipinski definition) is 0. The lowest BCUT2D eigenvalue weighted by molar-refractivity contribution is -0.112. The van der Waals surface area contributed by atoms with Gasteiger partial charge in [0.05, 0.1) is 15.9 Å². The third kappa shape index (κ3) is 3.26. The van der Waals surface area contributed by atoms with Crippen molar-refractivity contribution in [3.05, 3.63) is 15.9 Å². The van der Waals surface area contributed by atoms with Gasteiger partial charge in [0.2, 0.25) is 0 Å². The predicted molar refractivity (Wildman–Crippen MR) is 79.0 cm³/mol. The number of carbonyl (C=O) groups excluding carboxylic acids is 1. The van der Waals surface area contributed by atoms with Crippen LogP contribution in [-0.4, -0.2) is 34.1 Å². The van der Waals surface area contributed by atoms with Crippen LogP contribution in [0, 0.1) is 5.92 Å². The highest BCUT2D eigenvalue weighted by Gasteiger charge is 2.21. The Labute approximate surface area is 123 Å². The van der Waals surface area contributed by atoms with Gasteiger partial charge in [0.15, 0.2) is 0 Å². The first kappa shape index (κ1) is 14.7. The summed E-state index contributed by atoms with van der Waals surface area (Å²) in [7, 11) is 0. The van der Waals surface area contributed by atoms with Crippen molar-refractivity contribution in [2.75, 3.05) is 13.1 Å². The monoisotopic (exact) mass is 327 g/mol. The lowest BCUT2D eigenvalue weighted by Crippen LogP contribution is -2.34. The minimum Gasteiger partial charge on any atom is -0.303 e. The van der Waals surface area contributed by atoms with Crippen molar-refractivity contribution in [3.63, 3.8) is 0 Å². The molecule has 1 aromatic heterocycles. The van der Waals surface area contributed by atoms with E-state index in [9.17, 15) is 4.79 Å². The number of carbonyl (C=O) groups is 1. The van der Waals surface area contributed by atoms with E-state index in [0.717, 1.165) is 61.9 Å². The first-order valence-corrected chi connectivity index (χ1v) is 7.90. The number of hydrogen-bond acceptors (Lipinski definition) is 3. The summed E-state index contributed by atoms with van der Waals surface area (Å²) in [6.45, 7) is 8.09. The Hall–Kier alpha value is -0.680. The molecule has 0 N–H and O–H groups in total. The molecule has 0 bridgehead atoms. The quantitative estimate of drug-likeness (QED) is 0.780. The summed E-state index contributed by atoms with van der Waals surface area (Å²) in [6, 6.07) is 0. The highest BCUT2D eigenvalue weighted by molar-refractivity contribution is 9.10. The molecule has 1 fully saturated rings. The van der Waals surface area contributed by atoms with Crippen LogP contribution in [0.5, 0.6) is 0 Å². The topological polar surface area (TPSA) is 38.1 Å². The van der Waals surface area contributed by atoms with Gasteiger partial charge in [-0.1, -0.05) is 6.92 Å².